The van der Waals surface area contributed by atoms with Crippen LogP contribution >= 0.6 is 0 Å². The zero-order chi connectivity index (χ0) is 34.5. The molecule has 6 aliphatic carbocycles. The van der Waals surface area contributed by atoms with Crippen molar-refractivity contribution in [3.8, 4) is 11.1 Å². The van der Waals surface area contributed by atoms with Crippen molar-refractivity contribution in [1.29, 1.82) is 0 Å². The topological polar surface area (TPSA) is 0 Å². The van der Waals surface area contributed by atoms with Gasteiger partial charge in [0.2, 0.25) is 0 Å². The fourth-order valence-corrected chi connectivity index (χ4v) is 11.7. The van der Waals surface area contributed by atoms with Crippen molar-refractivity contribution >= 4 is 24.3 Å². The fraction of sp³-hybridized carbons (Fsp3) is 0.440. The van der Waals surface area contributed by atoms with Gasteiger partial charge in [0.1, 0.15) is 0 Å². The van der Waals surface area contributed by atoms with E-state index >= 15 is 0 Å². The van der Waals surface area contributed by atoms with Crippen LogP contribution in [0.5, 0.6) is 0 Å². The van der Waals surface area contributed by atoms with Crippen LogP contribution in [0.1, 0.15) is 123 Å². The molecule has 50 heavy (non-hydrogen) atoms. The van der Waals surface area contributed by atoms with Gasteiger partial charge in [-0.15, -0.1) is 0 Å². The van der Waals surface area contributed by atoms with Crippen LogP contribution in [0.25, 0.3) is 35.4 Å². The minimum absolute atomic E-state index is 0.304. The van der Waals surface area contributed by atoms with E-state index < -0.39 is 0 Å². The first-order chi connectivity index (χ1) is 23.6. The van der Waals surface area contributed by atoms with Gasteiger partial charge in [-0.25, -0.2) is 0 Å². The Hall–Kier alpha value is -3.64. The largest absolute Gasteiger partial charge is 0.0650 e. The minimum Gasteiger partial charge on any atom is -0.0650 e. The van der Waals surface area contributed by atoms with Crippen LogP contribution in [-0.2, 0) is 51.4 Å². The van der Waals surface area contributed by atoms with Crippen LogP contribution in [0.4, 0.5) is 0 Å². The Labute approximate surface area is 299 Å². The summed E-state index contributed by atoms with van der Waals surface area (Å²) in [6.45, 7) is 19.8. The van der Waals surface area contributed by atoms with Crippen molar-refractivity contribution in [2.45, 2.75) is 119 Å². The number of hydrogen-bond donors (Lipinski definition) is 0. The highest BCUT2D eigenvalue weighted by molar-refractivity contribution is 5.77. The zero-order valence-electron chi connectivity index (χ0n) is 31.7. The van der Waals surface area contributed by atoms with Gasteiger partial charge in [0, 0.05) is 11.8 Å². The van der Waals surface area contributed by atoms with Crippen molar-refractivity contribution in [1.82, 2.24) is 0 Å². The lowest BCUT2D eigenvalue weighted by Crippen LogP contribution is -2.31. The van der Waals surface area contributed by atoms with Gasteiger partial charge in [-0.05, 0) is 161 Å². The Balaban J connectivity index is 1.06. The molecule has 0 heterocycles. The number of fused-ring (bicyclic) bond motifs is 12. The van der Waals surface area contributed by atoms with E-state index in [9.17, 15) is 0 Å². The van der Waals surface area contributed by atoms with Gasteiger partial charge in [0.25, 0.3) is 0 Å². The van der Waals surface area contributed by atoms with Crippen LogP contribution < -0.4 is 20.9 Å². The van der Waals surface area contributed by atoms with Gasteiger partial charge in [0.05, 0.1) is 0 Å². The summed E-state index contributed by atoms with van der Waals surface area (Å²) in [7, 11) is 0. The minimum atomic E-state index is 0.304. The standard InChI is InChI=1S/C50H54/c1-47(2)21-39-35-17-31(18-36(35)40-22-48(3,4)26-44(40)43(39)25-47)29-12-11-13-30(16-29)33-14-9-10-15-34(33)32-19-37-38(20-32)42-24-50(7,8)28-46(42)45-27-49(5,6)23-41(37)45/h9-20,31-32H,21-28H2,1-8H3. The first kappa shape index (κ1) is 31.1. The molecule has 0 fully saturated rings. The normalized spacial score (nSPS) is 22.5. The molecule has 0 nitrogen and oxygen atoms in total. The van der Waals surface area contributed by atoms with Crippen LogP contribution in [0, 0.1) is 21.7 Å². The van der Waals surface area contributed by atoms with Crippen molar-refractivity contribution in [3.63, 3.8) is 0 Å². The molecule has 0 saturated carbocycles. The third kappa shape index (κ3) is 4.69. The SMILES string of the molecule is CC1(C)Cc2c3c(c4c(c2C1)=CC(c1cccc(-c2ccccc2C2C=c5c6c(c7c(c5=C2)CC(C)(C)C7)CC(C)(C)C6)c1)C=4)CC(C)(C)C3. The second-order valence-corrected chi connectivity index (χ2v) is 20.5. The van der Waals surface area contributed by atoms with E-state index in [0.29, 0.717) is 33.5 Å². The Morgan fingerprint density at radius 2 is 0.780 bits per heavy atom. The van der Waals surface area contributed by atoms with Crippen LogP contribution in [0.2, 0.25) is 0 Å². The molecule has 0 bridgehead atoms. The molecule has 0 saturated heterocycles. The second kappa shape index (κ2) is 10.0. The number of rotatable bonds is 3. The van der Waals surface area contributed by atoms with E-state index in [4.69, 9.17) is 0 Å². The summed E-state index contributed by atoms with van der Waals surface area (Å²) in [5, 5.41) is 6.26. The van der Waals surface area contributed by atoms with E-state index in [1.54, 1.807) is 65.4 Å². The molecule has 0 spiro atoms. The Morgan fingerprint density at radius 3 is 1.22 bits per heavy atom. The highest BCUT2D eigenvalue weighted by atomic mass is 14.4. The van der Waals surface area contributed by atoms with E-state index in [1.165, 1.54) is 73.6 Å². The average molecular weight is 655 g/mol. The maximum absolute atomic E-state index is 2.64. The van der Waals surface area contributed by atoms with E-state index in [1.807, 2.05) is 0 Å². The van der Waals surface area contributed by atoms with E-state index in [0.717, 1.165) is 0 Å². The molecular formula is C50H54. The van der Waals surface area contributed by atoms with Gasteiger partial charge >= 0.3 is 0 Å². The molecule has 0 amide bonds. The summed E-state index contributed by atoms with van der Waals surface area (Å²) in [5.74, 6) is 0.629. The van der Waals surface area contributed by atoms with Gasteiger partial charge in [-0.1, -0.05) is 128 Å². The summed E-state index contributed by atoms with van der Waals surface area (Å²) in [5.41, 5.74) is 20.5. The van der Waals surface area contributed by atoms with Gasteiger partial charge in [-0.3, -0.25) is 0 Å². The predicted octanol–water partition coefficient (Wildman–Crippen LogP) is 8.57. The smallest absolute Gasteiger partial charge is 0.0223 e. The molecule has 0 N–H and O–H groups in total. The summed E-state index contributed by atoms with van der Waals surface area (Å²) < 4.78 is 0. The summed E-state index contributed by atoms with van der Waals surface area (Å²) in [4.78, 5) is 0. The van der Waals surface area contributed by atoms with Crippen LogP contribution in [-0.4, -0.2) is 0 Å². The quantitative estimate of drug-likeness (QED) is 0.208. The van der Waals surface area contributed by atoms with E-state index in [-0.39, 0.29) is 0 Å². The van der Waals surface area contributed by atoms with Crippen molar-refractivity contribution in [3.05, 3.63) is 125 Å². The number of benzene rings is 4. The van der Waals surface area contributed by atoms with Crippen LogP contribution in [0.3, 0.4) is 0 Å². The monoisotopic (exact) mass is 654 g/mol. The molecule has 4 aromatic carbocycles. The van der Waals surface area contributed by atoms with Gasteiger partial charge in [-0.2, -0.15) is 0 Å². The Morgan fingerprint density at radius 1 is 0.400 bits per heavy atom. The Bertz CT molecular complexity index is 2310. The fourth-order valence-electron chi connectivity index (χ4n) is 11.7. The van der Waals surface area contributed by atoms with Crippen molar-refractivity contribution in [2.24, 2.45) is 21.7 Å². The highest BCUT2D eigenvalue weighted by Gasteiger charge is 2.40. The molecule has 4 aromatic rings. The lowest BCUT2D eigenvalue weighted by atomic mass is 9.88. The van der Waals surface area contributed by atoms with Crippen molar-refractivity contribution in [2.75, 3.05) is 0 Å². The lowest BCUT2D eigenvalue weighted by Gasteiger charge is -2.17. The summed E-state index contributed by atoms with van der Waals surface area (Å²) >= 11 is 0. The summed E-state index contributed by atoms with van der Waals surface area (Å²) in [6, 6.07) is 18.8. The molecule has 0 aliphatic heterocycles. The molecule has 0 heteroatoms. The molecule has 6 aliphatic rings. The Kier molecular flexibility index (Phi) is 6.24. The molecule has 0 radical (unpaired) electrons. The van der Waals surface area contributed by atoms with Crippen LogP contribution in [0.15, 0.2) is 48.5 Å². The summed E-state index contributed by atoms with van der Waals surface area (Å²) in [6.07, 6.45) is 20.3. The predicted molar refractivity (Wildman–Crippen MR) is 211 cm³/mol. The van der Waals surface area contributed by atoms with E-state index in [2.05, 4.69) is 128 Å². The molecule has 10 rings (SSSR count). The first-order valence-corrected chi connectivity index (χ1v) is 19.6. The second-order valence-electron chi connectivity index (χ2n) is 20.5. The zero-order valence-corrected chi connectivity index (χ0v) is 31.7. The molecule has 0 aromatic heterocycles. The van der Waals surface area contributed by atoms with Gasteiger partial charge in [0.15, 0.2) is 0 Å². The molecule has 0 unspecified atom stereocenters. The maximum Gasteiger partial charge on any atom is 0.0223 e. The number of hydrogen-bond acceptors (Lipinski definition) is 0. The third-order valence-electron chi connectivity index (χ3n) is 13.6. The average Bonchev–Trinajstić information content (AvgIpc) is 3.87. The van der Waals surface area contributed by atoms with Crippen molar-refractivity contribution < 1.29 is 0 Å². The van der Waals surface area contributed by atoms with Gasteiger partial charge < -0.3 is 0 Å². The molecule has 254 valence electrons. The highest BCUT2D eigenvalue weighted by Crippen LogP contribution is 2.46. The lowest BCUT2D eigenvalue weighted by molar-refractivity contribution is 0.383. The molecule has 0 atom stereocenters. The maximum atomic E-state index is 2.64. The first-order valence-electron chi connectivity index (χ1n) is 19.6. The third-order valence-corrected chi connectivity index (χ3v) is 13.6. The molecular weight excluding hydrogens is 601 g/mol.